The predicted molar refractivity (Wildman–Crippen MR) is 110 cm³/mol. The van der Waals surface area contributed by atoms with Crippen LogP contribution in [0.3, 0.4) is 0 Å². The zero-order chi connectivity index (χ0) is 20.1. The first-order chi connectivity index (χ1) is 13.3. The van der Waals surface area contributed by atoms with E-state index in [0.717, 1.165) is 33.7 Å². The average molecular weight is 366 g/mol. The maximum absolute atomic E-state index is 9.83. The SMILES string of the molecule is Cc1ccc(C2=NC(C#N)(C#N)N=C(c3ccc(C)cc3)[C@H]3[C@@H]2C3(C)C)cc1. The summed E-state index contributed by atoms with van der Waals surface area (Å²) < 4.78 is 0. The molecule has 138 valence electrons. The molecule has 0 aromatic heterocycles. The summed E-state index contributed by atoms with van der Waals surface area (Å²) in [5.74, 6) is 0.248. The topological polar surface area (TPSA) is 72.3 Å². The van der Waals surface area contributed by atoms with Gasteiger partial charge >= 0.3 is 5.66 Å². The van der Waals surface area contributed by atoms with E-state index in [1.54, 1.807) is 0 Å². The Hall–Kier alpha value is -3.24. The van der Waals surface area contributed by atoms with Crippen LogP contribution in [0, 0.1) is 53.8 Å². The Balaban J connectivity index is 1.91. The van der Waals surface area contributed by atoms with E-state index in [1.165, 1.54) is 0 Å². The first-order valence-corrected chi connectivity index (χ1v) is 9.47. The van der Waals surface area contributed by atoms with Crippen LogP contribution in [-0.4, -0.2) is 17.1 Å². The van der Waals surface area contributed by atoms with Crippen LogP contribution in [0.5, 0.6) is 0 Å². The Kier molecular flexibility index (Phi) is 3.98. The second kappa shape index (κ2) is 6.14. The van der Waals surface area contributed by atoms with Gasteiger partial charge in [-0.2, -0.15) is 10.5 Å². The van der Waals surface area contributed by atoms with E-state index < -0.39 is 5.66 Å². The molecule has 1 saturated carbocycles. The van der Waals surface area contributed by atoms with Crippen LogP contribution in [0.4, 0.5) is 0 Å². The van der Waals surface area contributed by atoms with Crippen molar-refractivity contribution in [3.05, 3.63) is 70.8 Å². The number of fused-ring (bicyclic) bond motifs is 1. The maximum Gasteiger partial charge on any atom is 0.326 e. The third kappa shape index (κ3) is 2.74. The summed E-state index contributed by atoms with van der Waals surface area (Å²) in [5.41, 5.74) is 4.07. The maximum atomic E-state index is 9.83. The summed E-state index contributed by atoms with van der Waals surface area (Å²) in [6.45, 7) is 8.50. The van der Waals surface area contributed by atoms with Crippen LogP contribution in [-0.2, 0) is 0 Å². The highest BCUT2D eigenvalue weighted by Crippen LogP contribution is 2.62. The van der Waals surface area contributed by atoms with Gasteiger partial charge in [-0.1, -0.05) is 73.5 Å². The third-order valence-corrected chi connectivity index (χ3v) is 5.99. The summed E-state index contributed by atoms with van der Waals surface area (Å²) >= 11 is 0. The molecular weight excluding hydrogens is 344 g/mol. The first-order valence-electron chi connectivity index (χ1n) is 9.47. The lowest BCUT2D eigenvalue weighted by molar-refractivity contribution is 0.591. The number of aliphatic imine (C=N–C) groups is 2. The number of benzene rings is 2. The smallest absolute Gasteiger partial charge is 0.232 e. The number of aryl methyl sites for hydroxylation is 2. The molecule has 0 radical (unpaired) electrons. The largest absolute Gasteiger partial charge is 0.326 e. The van der Waals surface area contributed by atoms with E-state index in [1.807, 2.05) is 62.4 Å². The summed E-state index contributed by atoms with van der Waals surface area (Å²) in [4.78, 5) is 9.32. The van der Waals surface area contributed by atoms with E-state index in [9.17, 15) is 10.5 Å². The van der Waals surface area contributed by atoms with Crippen LogP contribution in [0.15, 0.2) is 58.5 Å². The molecule has 1 aliphatic heterocycles. The van der Waals surface area contributed by atoms with Gasteiger partial charge in [0.2, 0.25) is 0 Å². The molecule has 0 bridgehead atoms. The van der Waals surface area contributed by atoms with Crippen LogP contribution < -0.4 is 0 Å². The van der Waals surface area contributed by atoms with Gasteiger partial charge < -0.3 is 0 Å². The third-order valence-electron chi connectivity index (χ3n) is 5.99. The van der Waals surface area contributed by atoms with E-state index in [0.29, 0.717) is 0 Å². The van der Waals surface area contributed by atoms with Gasteiger partial charge in [0.05, 0.1) is 11.4 Å². The molecule has 0 amide bonds. The molecule has 1 heterocycles. The van der Waals surface area contributed by atoms with E-state index in [-0.39, 0.29) is 17.3 Å². The molecule has 0 saturated heterocycles. The fourth-order valence-corrected chi connectivity index (χ4v) is 4.23. The molecule has 1 aliphatic carbocycles. The highest BCUT2D eigenvalue weighted by atomic mass is 15.1. The van der Waals surface area contributed by atoms with Crippen LogP contribution in [0.25, 0.3) is 0 Å². The van der Waals surface area contributed by atoms with Gasteiger partial charge in [-0.3, -0.25) is 0 Å². The minimum absolute atomic E-state index is 0.0372. The number of nitrogens with zero attached hydrogens (tertiary/aromatic N) is 4. The Bertz CT molecular complexity index is 986. The number of hydrogen-bond acceptors (Lipinski definition) is 4. The summed E-state index contributed by atoms with van der Waals surface area (Å²) in [6, 6.07) is 20.4. The molecule has 0 spiro atoms. The van der Waals surface area contributed by atoms with Crippen molar-refractivity contribution in [2.75, 3.05) is 0 Å². The van der Waals surface area contributed by atoms with Crippen LogP contribution in [0.2, 0.25) is 0 Å². The van der Waals surface area contributed by atoms with Gasteiger partial charge in [0.1, 0.15) is 12.1 Å². The number of hydrogen-bond donors (Lipinski definition) is 0. The number of rotatable bonds is 2. The first kappa shape index (κ1) is 18.1. The molecule has 4 nitrogen and oxygen atoms in total. The lowest BCUT2D eigenvalue weighted by atomic mass is 9.98. The van der Waals surface area contributed by atoms with Gasteiger partial charge in [0.15, 0.2) is 0 Å². The van der Waals surface area contributed by atoms with Crippen molar-refractivity contribution in [2.24, 2.45) is 27.2 Å². The van der Waals surface area contributed by atoms with Crippen LogP contribution >= 0.6 is 0 Å². The normalized spacial score (nSPS) is 23.9. The van der Waals surface area contributed by atoms with Crippen molar-refractivity contribution in [3.63, 3.8) is 0 Å². The summed E-state index contributed by atoms with van der Waals surface area (Å²) in [6.07, 6.45) is 0. The van der Waals surface area contributed by atoms with Crippen LogP contribution in [0.1, 0.15) is 36.1 Å². The molecule has 4 heteroatoms. The van der Waals surface area contributed by atoms with Gasteiger partial charge in [0.25, 0.3) is 0 Å². The van der Waals surface area contributed by atoms with Crippen molar-refractivity contribution in [1.82, 2.24) is 0 Å². The fraction of sp³-hybridized carbons (Fsp3) is 0.333. The standard InChI is InChI=1S/C24H22N4/c1-15-5-9-17(10-6-15)21-19-20(23(19,3)4)22(18-11-7-16(2)8-12-18)28-24(13-25,14-26)27-21/h5-12,19-20H,1-4H3/t19-,20+. The quantitative estimate of drug-likeness (QED) is 0.778. The van der Waals surface area contributed by atoms with Gasteiger partial charge in [-0.25, -0.2) is 9.98 Å². The van der Waals surface area contributed by atoms with E-state index >= 15 is 0 Å². The Labute approximate surface area is 165 Å². The van der Waals surface area contributed by atoms with Crippen molar-refractivity contribution >= 4 is 11.4 Å². The molecule has 2 atom stereocenters. The minimum Gasteiger partial charge on any atom is -0.232 e. The summed E-state index contributed by atoms with van der Waals surface area (Å²) in [7, 11) is 0. The highest BCUT2D eigenvalue weighted by molar-refractivity contribution is 6.15. The van der Waals surface area contributed by atoms with Crippen molar-refractivity contribution in [2.45, 2.75) is 33.4 Å². The second-order valence-electron chi connectivity index (χ2n) is 8.40. The van der Waals surface area contributed by atoms with E-state index in [4.69, 9.17) is 0 Å². The van der Waals surface area contributed by atoms with Crippen molar-refractivity contribution in [3.8, 4) is 12.1 Å². The Morgan fingerprint density at radius 3 is 1.39 bits per heavy atom. The van der Waals surface area contributed by atoms with E-state index in [2.05, 4.69) is 36.0 Å². The highest BCUT2D eigenvalue weighted by Gasteiger charge is 2.64. The lowest BCUT2D eigenvalue weighted by Crippen LogP contribution is -2.25. The van der Waals surface area contributed by atoms with Crippen molar-refractivity contribution < 1.29 is 0 Å². The molecule has 0 N–H and O–H groups in total. The number of nitriles is 2. The molecular formula is C24H22N4. The molecule has 2 aliphatic rings. The summed E-state index contributed by atoms with van der Waals surface area (Å²) in [5, 5.41) is 19.7. The predicted octanol–water partition coefficient (Wildman–Crippen LogP) is 4.61. The molecule has 2 aromatic carbocycles. The lowest BCUT2D eigenvalue weighted by Gasteiger charge is -2.16. The molecule has 28 heavy (non-hydrogen) atoms. The fourth-order valence-electron chi connectivity index (χ4n) is 4.23. The zero-order valence-corrected chi connectivity index (χ0v) is 16.6. The molecule has 0 unspecified atom stereocenters. The zero-order valence-electron chi connectivity index (χ0n) is 16.6. The molecule has 2 aromatic rings. The average Bonchev–Trinajstić information content (AvgIpc) is 3.30. The van der Waals surface area contributed by atoms with Crippen molar-refractivity contribution in [1.29, 1.82) is 10.5 Å². The molecule has 4 rings (SSSR count). The monoisotopic (exact) mass is 366 g/mol. The molecule has 1 fully saturated rings. The van der Waals surface area contributed by atoms with Gasteiger partial charge in [0, 0.05) is 11.8 Å². The Morgan fingerprint density at radius 1 is 0.714 bits per heavy atom. The minimum atomic E-state index is -1.75. The van der Waals surface area contributed by atoms with Gasteiger partial charge in [-0.15, -0.1) is 0 Å². The second-order valence-corrected chi connectivity index (χ2v) is 8.40. The van der Waals surface area contributed by atoms with Gasteiger partial charge in [-0.05, 0) is 30.4 Å². The Morgan fingerprint density at radius 2 is 1.07 bits per heavy atom.